The van der Waals surface area contributed by atoms with Gasteiger partial charge in [-0.25, -0.2) is 24.3 Å². The zero-order chi connectivity index (χ0) is 10.8. The van der Waals surface area contributed by atoms with Crippen LogP contribution in [0.2, 0.25) is 10.2 Å². The van der Waals surface area contributed by atoms with E-state index in [1.54, 1.807) is 0 Å². The Bertz CT molecular complexity index is 489. The summed E-state index contributed by atoms with van der Waals surface area (Å²) in [6.45, 7) is 0. The maximum absolute atomic E-state index is 13.4. The van der Waals surface area contributed by atoms with Crippen LogP contribution in [0.3, 0.4) is 0 Å². The first kappa shape index (κ1) is 10.2. The van der Waals surface area contributed by atoms with Gasteiger partial charge in [0.05, 0.1) is 5.02 Å². The molecule has 7 heteroatoms. The molecule has 0 aliphatic heterocycles. The molecule has 2 aromatic heterocycles. The lowest BCUT2D eigenvalue weighted by Gasteiger charge is -2.00. The molecule has 0 bridgehead atoms. The van der Waals surface area contributed by atoms with E-state index in [9.17, 15) is 4.39 Å². The molecule has 0 atom stereocenters. The molecule has 0 aromatic carbocycles. The van der Waals surface area contributed by atoms with Crippen molar-refractivity contribution in [3.8, 4) is 11.5 Å². The van der Waals surface area contributed by atoms with Crippen molar-refractivity contribution < 1.29 is 4.39 Å². The third kappa shape index (κ3) is 2.03. The van der Waals surface area contributed by atoms with Gasteiger partial charge in [-0.3, -0.25) is 0 Å². The van der Waals surface area contributed by atoms with E-state index in [4.69, 9.17) is 23.2 Å². The SMILES string of the molecule is Fc1c(Cl)ncnc1-c1ncc(Cl)cn1. The third-order valence-electron chi connectivity index (χ3n) is 1.58. The Morgan fingerprint density at radius 2 is 1.67 bits per heavy atom. The lowest BCUT2D eigenvalue weighted by atomic mass is 10.3. The van der Waals surface area contributed by atoms with Gasteiger partial charge in [0.1, 0.15) is 12.0 Å². The summed E-state index contributed by atoms with van der Waals surface area (Å²) in [5.41, 5.74) is -0.0494. The van der Waals surface area contributed by atoms with Gasteiger partial charge in [-0.1, -0.05) is 23.2 Å². The number of halogens is 3. The molecule has 2 heterocycles. The highest BCUT2D eigenvalue weighted by Gasteiger charge is 2.13. The first-order valence-electron chi connectivity index (χ1n) is 3.82. The van der Waals surface area contributed by atoms with Crippen molar-refractivity contribution in [3.63, 3.8) is 0 Å². The number of rotatable bonds is 1. The van der Waals surface area contributed by atoms with Crippen LogP contribution in [0.25, 0.3) is 11.5 Å². The zero-order valence-corrected chi connectivity index (χ0v) is 8.67. The van der Waals surface area contributed by atoms with Crippen LogP contribution in [-0.2, 0) is 0 Å². The molecule has 0 fully saturated rings. The topological polar surface area (TPSA) is 51.6 Å². The monoisotopic (exact) mass is 244 g/mol. The Labute approximate surface area is 94.1 Å². The van der Waals surface area contributed by atoms with Gasteiger partial charge >= 0.3 is 0 Å². The largest absolute Gasteiger partial charge is 0.234 e. The van der Waals surface area contributed by atoms with Crippen LogP contribution in [0, 0.1) is 5.82 Å². The standard InChI is InChI=1S/C8H3Cl2FN4/c9-4-1-12-8(13-2-4)6-5(11)7(10)15-3-14-6/h1-3H. The zero-order valence-electron chi connectivity index (χ0n) is 7.15. The molecule has 4 nitrogen and oxygen atoms in total. The minimum atomic E-state index is -0.749. The molecule has 0 aliphatic rings. The van der Waals surface area contributed by atoms with E-state index in [0.717, 1.165) is 6.33 Å². The summed E-state index contributed by atoms with van der Waals surface area (Å²) in [6, 6.07) is 0. The van der Waals surface area contributed by atoms with Crippen molar-refractivity contribution in [2.75, 3.05) is 0 Å². The second-order valence-electron chi connectivity index (χ2n) is 2.55. The van der Waals surface area contributed by atoms with E-state index >= 15 is 0 Å². The molecular formula is C8H3Cl2FN4. The minimum Gasteiger partial charge on any atom is -0.234 e. The number of nitrogens with zero attached hydrogens (tertiary/aromatic N) is 4. The first-order valence-corrected chi connectivity index (χ1v) is 4.58. The fraction of sp³-hybridized carbons (Fsp3) is 0. The van der Waals surface area contributed by atoms with Gasteiger partial charge in [-0.05, 0) is 0 Å². The predicted molar refractivity (Wildman–Crippen MR) is 53.0 cm³/mol. The third-order valence-corrected chi connectivity index (χ3v) is 2.04. The molecular weight excluding hydrogens is 242 g/mol. The van der Waals surface area contributed by atoms with Crippen molar-refractivity contribution in [1.29, 1.82) is 0 Å². The Morgan fingerprint density at radius 3 is 2.33 bits per heavy atom. The molecule has 2 rings (SSSR count). The molecule has 0 aliphatic carbocycles. The fourth-order valence-corrected chi connectivity index (χ4v) is 1.17. The van der Waals surface area contributed by atoms with Crippen LogP contribution in [-0.4, -0.2) is 19.9 Å². The quantitative estimate of drug-likeness (QED) is 0.723. The fourth-order valence-electron chi connectivity index (χ4n) is 0.939. The van der Waals surface area contributed by atoms with Crippen molar-refractivity contribution in [3.05, 3.63) is 34.7 Å². The van der Waals surface area contributed by atoms with Crippen molar-refractivity contribution in [2.24, 2.45) is 0 Å². The molecule has 0 saturated heterocycles. The van der Waals surface area contributed by atoms with E-state index in [1.807, 2.05) is 0 Å². The summed E-state index contributed by atoms with van der Waals surface area (Å²) in [6.07, 6.45) is 3.83. The summed E-state index contributed by atoms with van der Waals surface area (Å²) in [4.78, 5) is 14.8. The van der Waals surface area contributed by atoms with Gasteiger partial charge in [0.25, 0.3) is 0 Å². The highest BCUT2D eigenvalue weighted by Crippen LogP contribution is 2.20. The summed E-state index contributed by atoms with van der Waals surface area (Å²) in [5, 5.41) is 0.0952. The van der Waals surface area contributed by atoms with Crippen molar-refractivity contribution in [2.45, 2.75) is 0 Å². The highest BCUT2D eigenvalue weighted by molar-refractivity contribution is 6.30. The Morgan fingerprint density at radius 1 is 1.00 bits per heavy atom. The lowest BCUT2D eigenvalue weighted by molar-refractivity contribution is 0.617. The van der Waals surface area contributed by atoms with Crippen LogP contribution in [0.1, 0.15) is 0 Å². The maximum Gasteiger partial charge on any atom is 0.189 e. The van der Waals surface area contributed by atoms with Gasteiger partial charge in [0.15, 0.2) is 16.8 Å². The van der Waals surface area contributed by atoms with Crippen molar-refractivity contribution in [1.82, 2.24) is 19.9 Å². The average Bonchev–Trinajstić information content (AvgIpc) is 2.24. The van der Waals surface area contributed by atoms with E-state index in [-0.39, 0.29) is 16.7 Å². The molecule has 2 aromatic rings. The molecule has 0 unspecified atom stereocenters. The molecule has 0 saturated carbocycles. The summed E-state index contributed by atoms with van der Waals surface area (Å²) >= 11 is 11.1. The van der Waals surface area contributed by atoms with Gasteiger partial charge < -0.3 is 0 Å². The Kier molecular flexibility index (Phi) is 2.75. The van der Waals surface area contributed by atoms with Crippen molar-refractivity contribution >= 4 is 23.2 Å². The van der Waals surface area contributed by atoms with Crippen LogP contribution in [0.5, 0.6) is 0 Å². The van der Waals surface area contributed by atoms with Gasteiger partial charge in [-0.2, -0.15) is 0 Å². The first-order chi connectivity index (χ1) is 7.18. The van der Waals surface area contributed by atoms with E-state index in [0.29, 0.717) is 5.02 Å². The summed E-state index contributed by atoms with van der Waals surface area (Å²) in [5.74, 6) is -0.636. The van der Waals surface area contributed by atoms with Crippen LogP contribution < -0.4 is 0 Å². The second-order valence-corrected chi connectivity index (χ2v) is 3.35. The normalized spacial score (nSPS) is 10.3. The summed E-state index contributed by atoms with van der Waals surface area (Å²) < 4.78 is 13.4. The highest BCUT2D eigenvalue weighted by atomic mass is 35.5. The molecule has 0 spiro atoms. The predicted octanol–water partition coefficient (Wildman–Crippen LogP) is 2.38. The molecule has 0 radical (unpaired) electrons. The number of hydrogen-bond donors (Lipinski definition) is 0. The van der Waals surface area contributed by atoms with Crippen LogP contribution in [0.4, 0.5) is 4.39 Å². The van der Waals surface area contributed by atoms with Gasteiger partial charge in [-0.15, -0.1) is 0 Å². The number of hydrogen-bond acceptors (Lipinski definition) is 4. The maximum atomic E-state index is 13.4. The van der Waals surface area contributed by atoms with Crippen LogP contribution >= 0.6 is 23.2 Å². The Hall–Kier alpha value is -1.33. The minimum absolute atomic E-state index is 0.0494. The second kappa shape index (κ2) is 4.04. The lowest BCUT2D eigenvalue weighted by Crippen LogP contribution is -1.96. The van der Waals surface area contributed by atoms with Gasteiger partial charge in [0.2, 0.25) is 0 Å². The van der Waals surface area contributed by atoms with Crippen LogP contribution in [0.15, 0.2) is 18.7 Å². The Balaban J connectivity index is 2.54. The molecule has 76 valence electrons. The number of aromatic nitrogens is 4. The van der Waals surface area contributed by atoms with Gasteiger partial charge in [0, 0.05) is 12.4 Å². The molecule has 15 heavy (non-hydrogen) atoms. The van der Waals surface area contributed by atoms with E-state index in [1.165, 1.54) is 12.4 Å². The van der Waals surface area contributed by atoms with E-state index in [2.05, 4.69) is 19.9 Å². The molecule has 0 amide bonds. The molecule has 0 N–H and O–H groups in total. The van der Waals surface area contributed by atoms with E-state index < -0.39 is 5.82 Å². The average molecular weight is 245 g/mol. The summed E-state index contributed by atoms with van der Waals surface area (Å²) in [7, 11) is 0. The smallest absolute Gasteiger partial charge is 0.189 e.